The summed E-state index contributed by atoms with van der Waals surface area (Å²) < 4.78 is 5.58. The Morgan fingerprint density at radius 2 is 1.88 bits per heavy atom. The van der Waals surface area contributed by atoms with Gasteiger partial charge in [-0.05, 0) is 31.7 Å². The Balaban J connectivity index is 2.69. The third-order valence-corrected chi connectivity index (χ3v) is 2.67. The van der Waals surface area contributed by atoms with Gasteiger partial charge in [-0.3, -0.25) is 0 Å². The van der Waals surface area contributed by atoms with Gasteiger partial charge in [-0.1, -0.05) is 32.0 Å². The summed E-state index contributed by atoms with van der Waals surface area (Å²) in [5.41, 5.74) is 7.32. The van der Waals surface area contributed by atoms with E-state index in [2.05, 4.69) is 19.9 Å². The molecule has 2 N–H and O–H groups in total. The number of ether oxygens (including phenoxy) is 1. The van der Waals surface area contributed by atoms with Gasteiger partial charge in [0, 0.05) is 11.6 Å². The zero-order valence-electron chi connectivity index (χ0n) is 10.6. The summed E-state index contributed by atoms with van der Waals surface area (Å²) in [6, 6.07) is 8.16. The molecule has 1 rings (SSSR count). The van der Waals surface area contributed by atoms with Crippen LogP contribution in [0.2, 0.25) is 0 Å². The Kier molecular flexibility index (Phi) is 5.33. The zero-order valence-corrected chi connectivity index (χ0v) is 10.6. The summed E-state index contributed by atoms with van der Waals surface area (Å²) in [5, 5.41) is 0. The van der Waals surface area contributed by atoms with Crippen LogP contribution in [0.25, 0.3) is 0 Å². The second-order valence-corrected chi connectivity index (χ2v) is 4.55. The zero-order chi connectivity index (χ0) is 12.0. The molecule has 0 spiro atoms. The standard InChI is InChI=1S/C14H23NO/c1-4-16-14-8-6-5-7-12(14)13(15)10-9-11(2)3/h5-8,11,13H,4,9-10,15H2,1-3H3. The minimum Gasteiger partial charge on any atom is -0.494 e. The molecule has 2 heteroatoms. The van der Waals surface area contributed by atoms with E-state index in [0.29, 0.717) is 12.5 Å². The van der Waals surface area contributed by atoms with Crippen molar-refractivity contribution in [2.24, 2.45) is 11.7 Å². The molecule has 1 aromatic carbocycles. The third-order valence-electron chi connectivity index (χ3n) is 2.67. The van der Waals surface area contributed by atoms with Crippen molar-refractivity contribution in [2.75, 3.05) is 6.61 Å². The molecule has 0 bridgehead atoms. The van der Waals surface area contributed by atoms with E-state index in [1.165, 1.54) is 0 Å². The first-order valence-corrected chi connectivity index (χ1v) is 6.12. The van der Waals surface area contributed by atoms with E-state index in [4.69, 9.17) is 10.5 Å². The van der Waals surface area contributed by atoms with E-state index in [1.54, 1.807) is 0 Å². The Morgan fingerprint density at radius 1 is 1.19 bits per heavy atom. The lowest BCUT2D eigenvalue weighted by Crippen LogP contribution is -2.13. The molecule has 1 unspecified atom stereocenters. The van der Waals surface area contributed by atoms with Gasteiger partial charge in [-0.25, -0.2) is 0 Å². The highest BCUT2D eigenvalue weighted by molar-refractivity contribution is 5.35. The summed E-state index contributed by atoms with van der Waals surface area (Å²) in [4.78, 5) is 0. The molecule has 0 aliphatic heterocycles. The van der Waals surface area contributed by atoms with Crippen molar-refractivity contribution in [3.8, 4) is 5.75 Å². The number of benzene rings is 1. The van der Waals surface area contributed by atoms with Gasteiger partial charge in [-0.15, -0.1) is 0 Å². The van der Waals surface area contributed by atoms with Crippen LogP contribution in [-0.4, -0.2) is 6.61 Å². The van der Waals surface area contributed by atoms with Gasteiger partial charge in [0.2, 0.25) is 0 Å². The first-order chi connectivity index (χ1) is 7.65. The minimum atomic E-state index is 0.0881. The van der Waals surface area contributed by atoms with Crippen molar-refractivity contribution >= 4 is 0 Å². The van der Waals surface area contributed by atoms with Gasteiger partial charge in [0.15, 0.2) is 0 Å². The van der Waals surface area contributed by atoms with Gasteiger partial charge in [0.1, 0.15) is 5.75 Å². The third kappa shape index (κ3) is 3.86. The normalized spacial score (nSPS) is 12.8. The molecule has 16 heavy (non-hydrogen) atoms. The number of nitrogens with two attached hydrogens (primary N) is 1. The lowest BCUT2D eigenvalue weighted by molar-refractivity contribution is 0.332. The van der Waals surface area contributed by atoms with E-state index in [1.807, 2.05) is 25.1 Å². The molecule has 0 amide bonds. The Morgan fingerprint density at radius 3 is 2.50 bits per heavy atom. The van der Waals surface area contributed by atoms with Crippen LogP contribution in [0, 0.1) is 5.92 Å². The second kappa shape index (κ2) is 6.54. The van der Waals surface area contributed by atoms with Gasteiger partial charge in [0.25, 0.3) is 0 Å². The summed E-state index contributed by atoms with van der Waals surface area (Å²) in [7, 11) is 0. The van der Waals surface area contributed by atoms with Crippen LogP contribution in [0.4, 0.5) is 0 Å². The van der Waals surface area contributed by atoms with E-state index in [9.17, 15) is 0 Å². The number of para-hydroxylation sites is 1. The predicted octanol–water partition coefficient (Wildman–Crippen LogP) is 3.52. The molecule has 0 saturated carbocycles. The first-order valence-electron chi connectivity index (χ1n) is 6.12. The van der Waals surface area contributed by atoms with Crippen molar-refractivity contribution in [1.82, 2.24) is 0 Å². The molecule has 1 aromatic rings. The first kappa shape index (κ1) is 13.0. The van der Waals surface area contributed by atoms with Crippen LogP contribution >= 0.6 is 0 Å². The highest BCUT2D eigenvalue weighted by atomic mass is 16.5. The highest BCUT2D eigenvalue weighted by Gasteiger charge is 2.11. The van der Waals surface area contributed by atoms with E-state index >= 15 is 0 Å². The average molecular weight is 221 g/mol. The van der Waals surface area contributed by atoms with Gasteiger partial charge < -0.3 is 10.5 Å². The van der Waals surface area contributed by atoms with E-state index in [0.717, 1.165) is 24.2 Å². The van der Waals surface area contributed by atoms with Crippen LogP contribution in [0.1, 0.15) is 45.2 Å². The van der Waals surface area contributed by atoms with Crippen LogP contribution < -0.4 is 10.5 Å². The van der Waals surface area contributed by atoms with Crippen molar-refractivity contribution in [1.29, 1.82) is 0 Å². The fourth-order valence-electron chi connectivity index (χ4n) is 1.74. The lowest BCUT2D eigenvalue weighted by atomic mass is 9.98. The maximum absolute atomic E-state index is 6.19. The number of hydrogen-bond acceptors (Lipinski definition) is 2. The molecule has 0 radical (unpaired) electrons. The molecule has 0 fully saturated rings. The van der Waals surface area contributed by atoms with Crippen LogP contribution in [-0.2, 0) is 0 Å². The predicted molar refractivity (Wildman–Crippen MR) is 68.6 cm³/mol. The number of hydrogen-bond donors (Lipinski definition) is 1. The van der Waals surface area contributed by atoms with Crippen LogP contribution in [0.5, 0.6) is 5.75 Å². The van der Waals surface area contributed by atoms with Crippen molar-refractivity contribution in [3.63, 3.8) is 0 Å². The van der Waals surface area contributed by atoms with Gasteiger partial charge in [-0.2, -0.15) is 0 Å². The topological polar surface area (TPSA) is 35.2 Å². The monoisotopic (exact) mass is 221 g/mol. The fraction of sp³-hybridized carbons (Fsp3) is 0.571. The largest absolute Gasteiger partial charge is 0.494 e. The molecule has 90 valence electrons. The molecular weight excluding hydrogens is 198 g/mol. The molecule has 0 saturated heterocycles. The molecular formula is C14H23NO. The summed E-state index contributed by atoms with van der Waals surface area (Å²) in [6.07, 6.45) is 2.17. The molecule has 0 heterocycles. The van der Waals surface area contributed by atoms with Crippen molar-refractivity contribution in [2.45, 2.75) is 39.7 Å². The van der Waals surface area contributed by atoms with Gasteiger partial charge >= 0.3 is 0 Å². The summed E-state index contributed by atoms with van der Waals surface area (Å²) in [5.74, 6) is 1.63. The average Bonchev–Trinajstić information content (AvgIpc) is 2.27. The molecule has 0 aliphatic rings. The summed E-state index contributed by atoms with van der Waals surface area (Å²) >= 11 is 0. The highest BCUT2D eigenvalue weighted by Crippen LogP contribution is 2.27. The quantitative estimate of drug-likeness (QED) is 0.797. The van der Waals surface area contributed by atoms with Gasteiger partial charge in [0.05, 0.1) is 6.61 Å². The van der Waals surface area contributed by atoms with Crippen molar-refractivity contribution < 1.29 is 4.74 Å². The Bertz CT molecular complexity index is 309. The van der Waals surface area contributed by atoms with Crippen LogP contribution in [0.15, 0.2) is 24.3 Å². The maximum Gasteiger partial charge on any atom is 0.124 e. The Hall–Kier alpha value is -1.02. The smallest absolute Gasteiger partial charge is 0.124 e. The maximum atomic E-state index is 6.19. The Labute approximate surface area is 98.8 Å². The molecule has 1 atom stereocenters. The second-order valence-electron chi connectivity index (χ2n) is 4.55. The summed E-state index contributed by atoms with van der Waals surface area (Å²) in [6.45, 7) is 7.13. The number of rotatable bonds is 6. The lowest BCUT2D eigenvalue weighted by Gasteiger charge is -2.17. The molecule has 0 aromatic heterocycles. The SMILES string of the molecule is CCOc1ccccc1C(N)CCC(C)C. The van der Waals surface area contributed by atoms with E-state index < -0.39 is 0 Å². The van der Waals surface area contributed by atoms with Crippen molar-refractivity contribution in [3.05, 3.63) is 29.8 Å². The fourth-order valence-corrected chi connectivity index (χ4v) is 1.74. The molecule has 0 aliphatic carbocycles. The van der Waals surface area contributed by atoms with E-state index in [-0.39, 0.29) is 6.04 Å². The van der Waals surface area contributed by atoms with Crippen LogP contribution in [0.3, 0.4) is 0 Å². The minimum absolute atomic E-state index is 0.0881. The molecule has 2 nitrogen and oxygen atoms in total.